The van der Waals surface area contributed by atoms with Crippen molar-refractivity contribution in [3.8, 4) is 5.75 Å². The van der Waals surface area contributed by atoms with Crippen molar-refractivity contribution >= 4 is 27.5 Å². The number of sulfonamides is 1. The molecular weight excluding hydrogens is 328 g/mol. The summed E-state index contributed by atoms with van der Waals surface area (Å²) >= 11 is 5.95. The smallest absolute Gasteiger partial charge is 0.257 e. The summed E-state index contributed by atoms with van der Waals surface area (Å²) in [6.45, 7) is 0.915. The maximum atomic E-state index is 12.7. The van der Waals surface area contributed by atoms with Crippen LogP contribution in [0.2, 0.25) is 5.02 Å². The third-order valence-electron chi connectivity index (χ3n) is 3.48. The highest BCUT2D eigenvalue weighted by molar-refractivity contribution is 7.88. The maximum absolute atomic E-state index is 12.7. The Morgan fingerprint density at radius 3 is 2.82 bits per heavy atom. The average Bonchev–Trinajstić information content (AvgIpc) is 2.45. The van der Waals surface area contributed by atoms with Crippen molar-refractivity contribution in [1.82, 2.24) is 9.62 Å². The second-order valence-electron chi connectivity index (χ2n) is 5.32. The van der Waals surface area contributed by atoms with Crippen LogP contribution in [0.4, 0.5) is 0 Å². The molecule has 1 saturated heterocycles. The number of rotatable bonds is 4. The van der Waals surface area contributed by atoms with Gasteiger partial charge in [-0.2, -0.15) is 0 Å². The zero-order chi connectivity index (χ0) is 16.3. The summed E-state index contributed by atoms with van der Waals surface area (Å²) in [5.74, 6) is 0.243. The van der Waals surface area contributed by atoms with Crippen LogP contribution in [0.3, 0.4) is 0 Å². The van der Waals surface area contributed by atoms with Gasteiger partial charge in [-0.3, -0.25) is 4.79 Å². The number of methoxy groups -OCH3 is 1. The Hall–Kier alpha value is -1.31. The van der Waals surface area contributed by atoms with E-state index in [4.69, 9.17) is 16.3 Å². The van der Waals surface area contributed by atoms with Crippen molar-refractivity contribution in [2.24, 2.45) is 0 Å². The first-order valence-corrected chi connectivity index (χ1v) is 9.17. The van der Waals surface area contributed by atoms with Gasteiger partial charge in [0.2, 0.25) is 10.0 Å². The number of ether oxygens (including phenoxy) is 1. The van der Waals surface area contributed by atoms with E-state index in [1.807, 2.05) is 0 Å². The summed E-state index contributed by atoms with van der Waals surface area (Å²) < 4.78 is 30.4. The maximum Gasteiger partial charge on any atom is 0.257 e. The third kappa shape index (κ3) is 4.34. The van der Waals surface area contributed by atoms with Crippen molar-refractivity contribution < 1.29 is 17.9 Å². The number of carbonyl (C=O) groups excluding carboxylic acids is 1. The molecule has 8 heteroatoms. The first kappa shape index (κ1) is 17.1. The molecule has 0 radical (unpaired) electrons. The lowest BCUT2D eigenvalue weighted by molar-refractivity contribution is 0.0699. The first-order chi connectivity index (χ1) is 10.3. The predicted molar refractivity (Wildman–Crippen MR) is 84.9 cm³/mol. The average molecular weight is 347 g/mol. The van der Waals surface area contributed by atoms with E-state index in [-0.39, 0.29) is 11.9 Å². The lowest BCUT2D eigenvalue weighted by Crippen LogP contribution is -2.49. The largest absolute Gasteiger partial charge is 0.496 e. The van der Waals surface area contributed by atoms with Crippen LogP contribution in [-0.4, -0.2) is 51.7 Å². The van der Waals surface area contributed by atoms with E-state index in [9.17, 15) is 13.2 Å². The SMILES string of the molecule is COc1ccc(Cl)cc1C(=O)N1CCC[C@H](NS(C)(=O)=O)C1. The Morgan fingerprint density at radius 1 is 1.45 bits per heavy atom. The van der Waals surface area contributed by atoms with Crippen LogP contribution in [0, 0.1) is 0 Å². The van der Waals surface area contributed by atoms with Crippen LogP contribution in [0.15, 0.2) is 18.2 Å². The quantitative estimate of drug-likeness (QED) is 0.896. The normalized spacial score (nSPS) is 19.0. The van der Waals surface area contributed by atoms with Gasteiger partial charge in [-0.25, -0.2) is 13.1 Å². The van der Waals surface area contributed by atoms with Gasteiger partial charge in [0.05, 0.1) is 18.9 Å². The molecule has 1 N–H and O–H groups in total. The molecule has 22 heavy (non-hydrogen) atoms. The van der Waals surface area contributed by atoms with Crippen LogP contribution in [0.25, 0.3) is 0 Å². The van der Waals surface area contributed by atoms with Crippen molar-refractivity contribution in [3.05, 3.63) is 28.8 Å². The molecule has 6 nitrogen and oxygen atoms in total. The monoisotopic (exact) mass is 346 g/mol. The summed E-state index contributed by atoms with van der Waals surface area (Å²) in [4.78, 5) is 14.3. The van der Waals surface area contributed by atoms with Crippen LogP contribution < -0.4 is 9.46 Å². The molecule has 1 aromatic carbocycles. The van der Waals surface area contributed by atoms with Gasteiger partial charge in [0.15, 0.2) is 0 Å². The number of benzene rings is 1. The molecule has 1 fully saturated rings. The zero-order valence-corrected chi connectivity index (χ0v) is 14.1. The second kappa shape index (κ2) is 6.85. The van der Waals surface area contributed by atoms with Gasteiger partial charge in [-0.15, -0.1) is 0 Å². The summed E-state index contributed by atoms with van der Waals surface area (Å²) in [5, 5.41) is 0.451. The Bertz CT molecular complexity index is 663. The van der Waals surface area contributed by atoms with Gasteiger partial charge < -0.3 is 9.64 Å². The van der Waals surface area contributed by atoms with E-state index >= 15 is 0 Å². The van der Waals surface area contributed by atoms with Crippen LogP contribution in [0.1, 0.15) is 23.2 Å². The fourth-order valence-corrected chi connectivity index (χ4v) is 3.55. The molecule has 0 aromatic heterocycles. The summed E-state index contributed by atoms with van der Waals surface area (Å²) in [5.41, 5.74) is 0.384. The van der Waals surface area contributed by atoms with Crippen LogP contribution in [-0.2, 0) is 10.0 Å². The molecule has 0 aliphatic carbocycles. The molecular formula is C14H19ClN2O4S. The lowest BCUT2D eigenvalue weighted by atomic mass is 10.0. The van der Waals surface area contributed by atoms with Crippen molar-refractivity contribution in [1.29, 1.82) is 0 Å². The van der Waals surface area contributed by atoms with E-state index in [1.165, 1.54) is 7.11 Å². The van der Waals surface area contributed by atoms with Crippen LogP contribution in [0.5, 0.6) is 5.75 Å². The number of nitrogens with zero attached hydrogens (tertiary/aromatic N) is 1. The van der Waals surface area contributed by atoms with Gasteiger partial charge in [0.1, 0.15) is 5.75 Å². The van der Waals surface area contributed by atoms with Crippen molar-refractivity contribution in [2.75, 3.05) is 26.5 Å². The summed E-state index contributed by atoms with van der Waals surface area (Å²) in [6.07, 6.45) is 2.57. The van der Waals surface area contributed by atoms with E-state index < -0.39 is 10.0 Å². The van der Waals surface area contributed by atoms with E-state index in [1.54, 1.807) is 23.1 Å². The number of hydrogen-bond donors (Lipinski definition) is 1. The molecule has 1 aliphatic heterocycles. The fourth-order valence-electron chi connectivity index (χ4n) is 2.58. The summed E-state index contributed by atoms with van der Waals surface area (Å²) in [7, 11) is -1.80. The number of halogens is 1. The topological polar surface area (TPSA) is 75.7 Å². The highest BCUT2D eigenvalue weighted by atomic mass is 35.5. The third-order valence-corrected chi connectivity index (χ3v) is 4.48. The molecule has 0 spiro atoms. The highest BCUT2D eigenvalue weighted by Gasteiger charge is 2.27. The van der Waals surface area contributed by atoms with Gasteiger partial charge in [-0.05, 0) is 31.0 Å². The number of hydrogen-bond acceptors (Lipinski definition) is 4. The Kier molecular flexibility index (Phi) is 5.31. The highest BCUT2D eigenvalue weighted by Crippen LogP contribution is 2.25. The molecule has 122 valence electrons. The molecule has 1 heterocycles. The Balaban J connectivity index is 2.17. The second-order valence-corrected chi connectivity index (χ2v) is 7.54. The van der Waals surface area contributed by atoms with Gasteiger partial charge in [-0.1, -0.05) is 11.6 Å². The van der Waals surface area contributed by atoms with E-state index in [2.05, 4.69) is 4.72 Å². The van der Waals surface area contributed by atoms with Gasteiger partial charge in [0, 0.05) is 24.2 Å². The van der Waals surface area contributed by atoms with Gasteiger partial charge >= 0.3 is 0 Å². The van der Waals surface area contributed by atoms with Crippen molar-refractivity contribution in [2.45, 2.75) is 18.9 Å². The molecule has 1 aliphatic rings. The predicted octanol–water partition coefficient (Wildman–Crippen LogP) is 1.50. The molecule has 0 bridgehead atoms. The van der Waals surface area contributed by atoms with Crippen LogP contribution >= 0.6 is 11.6 Å². The fraction of sp³-hybridized carbons (Fsp3) is 0.500. The zero-order valence-electron chi connectivity index (χ0n) is 12.5. The number of nitrogens with one attached hydrogen (secondary N) is 1. The number of amides is 1. The molecule has 0 unspecified atom stereocenters. The van der Waals surface area contributed by atoms with Crippen molar-refractivity contribution in [3.63, 3.8) is 0 Å². The van der Waals surface area contributed by atoms with Gasteiger partial charge in [0.25, 0.3) is 5.91 Å². The van der Waals surface area contributed by atoms with E-state index in [0.29, 0.717) is 35.8 Å². The lowest BCUT2D eigenvalue weighted by Gasteiger charge is -2.33. The van der Waals surface area contributed by atoms with E-state index in [0.717, 1.165) is 12.7 Å². The Morgan fingerprint density at radius 2 is 2.18 bits per heavy atom. The minimum absolute atomic E-state index is 0.209. The number of piperidine rings is 1. The molecule has 1 aromatic rings. The molecule has 0 saturated carbocycles. The number of carbonyl (C=O) groups is 1. The first-order valence-electron chi connectivity index (χ1n) is 6.90. The molecule has 2 rings (SSSR count). The molecule has 1 atom stereocenters. The Labute approximate surface area is 135 Å². The summed E-state index contributed by atoms with van der Waals surface area (Å²) in [6, 6.07) is 4.60. The minimum Gasteiger partial charge on any atom is -0.496 e. The standard InChI is InChI=1S/C14H19ClN2O4S/c1-21-13-6-5-10(15)8-12(13)14(18)17-7-3-4-11(9-17)16-22(2,19)20/h5-6,8,11,16H,3-4,7,9H2,1-2H3/t11-/m0/s1. The molecule has 1 amide bonds. The minimum atomic E-state index is -3.29. The number of likely N-dealkylation sites (tertiary alicyclic amines) is 1.